The molecule has 0 spiro atoms. The molecule has 0 radical (unpaired) electrons. The van der Waals surface area contributed by atoms with Crippen molar-refractivity contribution in [2.24, 2.45) is 5.73 Å². The molecule has 0 fully saturated rings. The number of nitrogens with two attached hydrogens (primary N) is 1. The summed E-state index contributed by atoms with van der Waals surface area (Å²) in [5, 5.41) is 26.2. The van der Waals surface area contributed by atoms with E-state index in [0.717, 1.165) is 42.0 Å². The third-order valence-electron chi connectivity index (χ3n) is 6.57. The zero-order valence-electron chi connectivity index (χ0n) is 32.7. The van der Waals surface area contributed by atoms with Crippen LogP contribution in [-0.2, 0) is 29.8 Å². The molecule has 0 saturated carbocycles. The Bertz CT molecular complexity index is 1940. The van der Waals surface area contributed by atoms with Gasteiger partial charge in [0.1, 0.15) is 23.1 Å². The zero-order valence-corrected chi connectivity index (χ0v) is 35.2. The van der Waals surface area contributed by atoms with Crippen molar-refractivity contribution in [2.45, 2.75) is 77.0 Å². The van der Waals surface area contributed by atoms with Gasteiger partial charge < -0.3 is 40.6 Å². The lowest BCUT2D eigenvalue weighted by Crippen LogP contribution is -2.30. The predicted octanol–water partition coefficient (Wildman–Crippen LogP) is 7.09. The maximum atomic E-state index is 12.8. The number of carboxylic acids is 1. The van der Waals surface area contributed by atoms with Crippen LogP contribution in [0.25, 0.3) is 0 Å². The first kappa shape index (κ1) is 51.3. The number of carboxylic acid groups (broad SMARTS) is 1. The molecular formula is C34H46ClF3N7O11PS. The summed E-state index contributed by atoms with van der Waals surface area (Å²) in [6, 6.07) is 4.34. The van der Waals surface area contributed by atoms with Crippen LogP contribution < -0.4 is 21.1 Å². The standard InChI is InChI=1S/C19H15ClF3NO7.C10H19N5S.C5H12NO4P/c1-3-29-17(25)10(2)30-18(26)13-9-12(5-6-15(13)24(27)28)31-16-7-4-11(8-14(16)20)19(21,22)23;1-6-11-7-12-8(15-10(2,3)4)14-9(13-7)16-5;1-11(9,10)3-2-4(6)5(7)8/h4-10H,3H2,1-2H3;6H2,1-5H3,(H2,11,12,13,14,15);4H,2-3,6H2,1H3,(H,7,8)(H,9,10). The molecule has 3 unspecified atom stereocenters. The molecule has 0 aliphatic rings. The second-order valence-electron chi connectivity index (χ2n) is 12.9. The number of benzene rings is 2. The fourth-order valence-electron chi connectivity index (χ4n) is 3.90. The highest BCUT2D eigenvalue weighted by atomic mass is 35.5. The van der Waals surface area contributed by atoms with E-state index in [2.05, 4.69) is 46.4 Å². The maximum Gasteiger partial charge on any atom is 0.416 e. The molecule has 3 aromatic rings. The summed E-state index contributed by atoms with van der Waals surface area (Å²) >= 11 is 7.33. The Labute approximate surface area is 341 Å². The number of nitrogens with one attached hydrogen (secondary N) is 2. The van der Waals surface area contributed by atoms with Gasteiger partial charge in [0.15, 0.2) is 18.6 Å². The van der Waals surface area contributed by atoms with Crippen LogP contribution in [0.1, 0.15) is 63.9 Å². The molecule has 1 aromatic heterocycles. The van der Waals surface area contributed by atoms with Gasteiger partial charge in [0.25, 0.3) is 5.69 Å². The Morgan fingerprint density at radius 2 is 1.71 bits per heavy atom. The van der Waals surface area contributed by atoms with E-state index in [1.807, 2.05) is 13.2 Å². The van der Waals surface area contributed by atoms with E-state index in [4.69, 9.17) is 41.5 Å². The number of hydrogen-bond donors (Lipinski definition) is 5. The molecule has 6 N–H and O–H groups in total. The molecule has 0 aliphatic heterocycles. The summed E-state index contributed by atoms with van der Waals surface area (Å²) in [6.07, 6.45) is -3.99. The second-order valence-corrected chi connectivity index (χ2v) is 16.6. The van der Waals surface area contributed by atoms with Crippen LogP contribution in [-0.4, -0.2) is 97.7 Å². The first-order valence-corrected chi connectivity index (χ1v) is 20.9. The molecule has 0 bridgehead atoms. The van der Waals surface area contributed by atoms with Crippen molar-refractivity contribution < 1.29 is 61.3 Å². The van der Waals surface area contributed by atoms with Crippen molar-refractivity contribution in [3.63, 3.8) is 0 Å². The minimum absolute atomic E-state index is 0.0398. The van der Waals surface area contributed by atoms with Gasteiger partial charge in [-0.15, -0.1) is 0 Å². The van der Waals surface area contributed by atoms with Crippen molar-refractivity contribution in [3.8, 4) is 11.5 Å². The van der Waals surface area contributed by atoms with Gasteiger partial charge in [-0.3, -0.25) is 19.5 Å². The molecule has 24 heteroatoms. The first-order valence-electron chi connectivity index (χ1n) is 17.0. The highest BCUT2D eigenvalue weighted by Crippen LogP contribution is 2.38. The van der Waals surface area contributed by atoms with E-state index < -0.39 is 65.3 Å². The average Bonchev–Trinajstić information content (AvgIpc) is 3.10. The van der Waals surface area contributed by atoms with Gasteiger partial charge in [-0.2, -0.15) is 28.1 Å². The number of aromatic nitrogens is 3. The highest BCUT2D eigenvalue weighted by Gasteiger charge is 2.31. The maximum absolute atomic E-state index is 12.8. The van der Waals surface area contributed by atoms with Crippen LogP contribution in [0, 0.1) is 10.1 Å². The molecule has 18 nitrogen and oxygen atoms in total. The van der Waals surface area contributed by atoms with Crippen LogP contribution in [0.5, 0.6) is 11.5 Å². The minimum atomic E-state index is -4.61. The number of halogens is 4. The molecule has 0 amide bonds. The third kappa shape index (κ3) is 19.1. The molecule has 2 aromatic carbocycles. The van der Waals surface area contributed by atoms with Gasteiger partial charge in [0.05, 0.1) is 22.1 Å². The number of anilines is 2. The van der Waals surface area contributed by atoms with Crippen LogP contribution >= 0.6 is 30.7 Å². The van der Waals surface area contributed by atoms with Crippen LogP contribution in [0.3, 0.4) is 0 Å². The van der Waals surface area contributed by atoms with E-state index in [9.17, 15) is 42.2 Å². The minimum Gasteiger partial charge on any atom is -0.480 e. The number of nitrogens with zero attached hydrogens (tertiary/aromatic N) is 4. The number of hydrogen-bond acceptors (Lipinski definition) is 16. The topological polar surface area (TPSA) is 268 Å². The van der Waals surface area contributed by atoms with Crippen molar-refractivity contribution in [1.29, 1.82) is 0 Å². The Hall–Kier alpha value is -4.76. The van der Waals surface area contributed by atoms with Crippen molar-refractivity contribution in [2.75, 3.05) is 42.9 Å². The van der Waals surface area contributed by atoms with Crippen LogP contribution in [0.15, 0.2) is 41.6 Å². The largest absolute Gasteiger partial charge is 0.480 e. The number of nitro benzene ring substituents is 1. The van der Waals surface area contributed by atoms with E-state index in [1.54, 1.807) is 6.92 Å². The molecule has 58 heavy (non-hydrogen) atoms. The number of alkyl halides is 3. The predicted molar refractivity (Wildman–Crippen MR) is 211 cm³/mol. The zero-order chi connectivity index (χ0) is 44.6. The fraction of sp³-hybridized carbons (Fsp3) is 0.471. The number of thioether (sulfide) groups is 1. The monoisotopic (exact) mass is 883 g/mol. The smallest absolute Gasteiger partial charge is 0.416 e. The van der Waals surface area contributed by atoms with Crippen molar-refractivity contribution >= 4 is 66.2 Å². The van der Waals surface area contributed by atoms with E-state index >= 15 is 0 Å². The summed E-state index contributed by atoms with van der Waals surface area (Å²) < 4.78 is 63.9. The molecule has 1 heterocycles. The number of carbonyl (C=O) groups is 3. The molecule has 3 atom stereocenters. The molecular weight excluding hydrogens is 838 g/mol. The second kappa shape index (κ2) is 23.0. The number of aliphatic carboxylic acids is 1. The van der Waals surface area contributed by atoms with Gasteiger partial charge in [-0.1, -0.05) is 23.4 Å². The summed E-state index contributed by atoms with van der Waals surface area (Å²) in [5.74, 6) is -2.26. The Morgan fingerprint density at radius 1 is 1.09 bits per heavy atom. The summed E-state index contributed by atoms with van der Waals surface area (Å²) in [4.78, 5) is 66.1. The van der Waals surface area contributed by atoms with E-state index in [1.165, 1.54) is 25.4 Å². The number of ether oxygens (including phenoxy) is 3. The van der Waals surface area contributed by atoms with Gasteiger partial charge in [0.2, 0.25) is 11.9 Å². The van der Waals surface area contributed by atoms with Crippen molar-refractivity contribution in [1.82, 2.24) is 15.0 Å². The molecule has 0 aliphatic carbocycles. The van der Waals surface area contributed by atoms with E-state index in [0.29, 0.717) is 18.0 Å². The molecule has 322 valence electrons. The van der Waals surface area contributed by atoms with Gasteiger partial charge in [0, 0.05) is 37.0 Å². The third-order valence-corrected chi connectivity index (χ3v) is 8.50. The average molecular weight is 884 g/mol. The lowest BCUT2D eigenvalue weighted by molar-refractivity contribution is -0.385. The Balaban J connectivity index is 0.000000516. The quantitative estimate of drug-likeness (QED) is 0.0335. The first-order chi connectivity index (χ1) is 26.7. The number of carbonyl (C=O) groups excluding carboxylic acids is 2. The summed E-state index contributed by atoms with van der Waals surface area (Å²) in [6.45, 7) is 13.0. The lowest BCUT2D eigenvalue weighted by atomic mass is 10.1. The number of nitro groups is 1. The lowest BCUT2D eigenvalue weighted by Gasteiger charge is -2.20. The van der Waals surface area contributed by atoms with E-state index in [-0.39, 0.29) is 41.3 Å². The van der Waals surface area contributed by atoms with Gasteiger partial charge >= 0.3 is 24.1 Å². The normalized spacial score (nSPS) is 13.1. The van der Waals surface area contributed by atoms with Gasteiger partial charge in [-0.05, 0) is 78.5 Å². The summed E-state index contributed by atoms with van der Waals surface area (Å²) in [7, 11) is -3.10. The van der Waals surface area contributed by atoms with Crippen LogP contribution in [0.4, 0.5) is 30.8 Å². The number of rotatable bonds is 15. The Morgan fingerprint density at radius 3 is 2.19 bits per heavy atom. The highest BCUT2D eigenvalue weighted by molar-refractivity contribution is 7.98. The molecule has 0 saturated heterocycles. The SMILES string of the molecule is CCNc1nc(NC(C)(C)C)nc(SC)n1.CCOC(=O)C(C)OC(=O)c1cc(Oc2ccc(C(F)(F)F)cc2Cl)ccc1[N+](=O)[O-].CP(=O)(O)CCC(N)C(=O)O. The molecule has 3 rings (SSSR count). The summed E-state index contributed by atoms with van der Waals surface area (Å²) in [5.41, 5.74) is 2.87. The van der Waals surface area contributed by atoms with Crippen molar-refractivity contribution in [3.05, 3.63) is 62.7 Å². The Kier molecular flexibility index (Phi) is 20.3. The fourth-order valence-corrected chi connectivity index (χ4v) is 5.23. The van der Waals surface area contributed by atoms with Gasteiger partial charge in [-0.25, -0.2) is 9.59 Å². The van der Waals surface area contributed by atoms with Crippen LogP contribution in [0.2, 0.25) is 5.02 Å². The number of esters is 2.